The van der Waals surface area contributed by atoms with E-state index in [2.05, 4.69) is 27.4 Å². The first-order valence-electron chi connectivity index (χ1n) is 7.21. The van der Waals surface area contributed by atoms with Crippen LogP contribution in [0.5, 0.6) is 0 Å². The first kappa shape index (κ1) is 14.6. The van der Waals surface area contributed by atoms with Crippen molar-refractivity contribution in [3.63, 3.8) is 0 Å². The highest BCUT2D eigenvalue weighted by Crippen LogP contribution is 2.23. The van der Waals surface area contributed by atoms with Crippen molar-refractivity contribution in [2.45, 2.75) is 32.7 Å². The van der Waals surface area contributed by atoms with Gasteiger partial charge in [0.05, 0.1) is 6.04 Å². The zero-order valence-electron chi connectivity index (χ0n) is 12.5. The molecule has 3 rings (SSSR count). The SMILES string of the molecule is CCC[C@H](NC(=O)c1nnc2nc(C)ccn12)c1cccs1. The van der Waals surface area contributed by atoms with Crippen molar-refractivity contribution in [1.29, 1.82) is 0 Å². The summed E-state index contributed by atoms with van der Waals surface area (Å²) < 4.78 is 1.61. The summed E-state index contributed by atoms with van der Waals surface area (Å²) in [6.07, 6.45) is 3.65. The molecule has 0 aliphatic carbocycles. The van der Waals surface area contributed by atoms with Crippen molar-refractivity contribution >= 4 is 23.0 Å². The van der Waals surface area contributed by atoms with Gasteiger partial charge in [-0.05, 0) is 30.9 Å². The summed E-state index contributed by atoms with van der Waals surface area (Å²) in [5, 5.41) is 13.0. The Morgan fingerprint density at radius 3 is 3.00 bits per heavy atom. The van der Waals surface area contributed by atoms with E-state index in [4.69, 9.17) is 0 Å². The lowest BCUT2D eigenvalue weighted by Gasteiger charge is -2.15. The Bertz CT molecular complexity index is 780. The minimum Gasteiger partial charge on any atom is -0.342 e. The second kappa shape index (κ2) is 6.23. The summed E-state index contributed by atoms with van der Waals surface area (Å²) in [5.74, 6) is 0.471. The third-order valence-electron chi connectivity index (χ3n) is 3.39. The van der Waals surface area contributed by atoms with E-state index in [-0.39, 0.29) is 17.8 Å². The van der Waals surface area contributed by atoms with Crippen molar-refractivity contribution in [2.75, 3.05) is 0 Å². The molecule has 1 amide bonds. The first-order chi connectivity index (χ1) is 10.7. The molecule has 7 heteroatoms. The molecular formula is C15H17N5OS. The van der Waals surface area contributed by atoms with Crippen LogP contribution in [0.2, 0.25) is 0 Å². The normalized spacial score (nSPS) is 12.5. The molecule has 0 aromatic carbocycles. The van der Waals surface area contributed by atoms with Gasteiger partial charge in [-0.1, -0.05) is 19.4 Å². The van der Waals surface area contributed by atoms with Gasteiger partial charge in [-0.2, -0.15) is 0 Å². The minimum atomic E-state index is -0.231. The Balaban J connectivity index is 1.85. The predicted octanol–water partition coefficient (Wildman–Crippen LogP) is 2.77. The number of carbonyl (C=O) groups is 1. The number of nitrogens with one attached hydrogen (secondary N) is 1. The van der Waals surface area contributed by atoms with Crippen LogP contribution in [0.3, 0.4) is 0 Å². The lowest BCUT2D eigenvalue weighted by molar-refractivity contribution is 0.0923. The van der Waals surface area contributed by atoms with Crippen LogP contribution in [0.15, 0.2) is 29.8 Å². The number of amides is 1. The van der Waals surface area contributed by atoms with Crippen LogP contribution in [0.1, 0.15) is 47.0 Å². The van der Waals surface area contributed by atoms with Gasteiger partial charge in [-0.3, -0.25) is 9.20 Å². The summed E-state index contributed by atoms with van der Waals surface area (Å²) >= 11 is 1.65. The number of nitrogens with zero attached hydrogens (tertiary/aromatic N) is 4. The molecule has 3 heterocycles. The number of rotatable bonds is 5. The highest BCUT2D eigenvalue weighted by molar-refractivity contribution is 7.10. The maximum absolute atomic E-state index is 12.5. The lowest BCUT2D eigenvalue weighted by atomic mass is 10.1. The van der Waals surface area contributed by atoms with Gasteiger partial charge in [-0.15, -0.1) is 21.5 Å². The van der Waals surface area contributed by atoms with Crippen LogP contribution in [0.25, 0.3) is 5.78 Å². The Kier molecular flexibility index (Phi) is 4.15. The molecule has 1 N–H and O–H groups in total. The van der Waals surface area contributed by atoms with Gasteiger partial charge in [0.1, 0.15) is 0 Å². The molecule has 0 saturated carbocycles. The molecule has 3 aromatic heterocycles. The zero-order chi connectivity index (χ0) is 15.5. The topological polar surface area (TPSA) is 72.2 Å². The highest BCUT2D eigenvalue weighted by Gasteiger charge is 2.20. The number of hydrogen-bond donors (Lipinski definition) is 1. The van der Waals surface area contributed by atoms with E-state index in [1.807, 2.05) is 30.5 Å². The second-order valence-electron chi connectivity index (χ2n) is 5.09. The molecule has 0 bridgehead atoms. The zero-order valence-corrected chi connectivity index (χ0v) is 13.3. The first-order valence-corrected chi connectivity index (χ1v) is 8.09. The average molecular weight is 315 g/mol. The molecule has 0 saturated heterocycles. The number of carbonyl (C=O) groups excluding carboxylic acids is 1. The summed E-state index contributed by atoms with van der Waals surface area (Å²) in [6.45, 7) is 3.98. The standard InChI is InChI=1S/C15H17N5OS/c1-3-5-11(12-6-4-9-22-12)17-14(21)13-18-19-15-16-10(2)7-8-20(13)15/h4,6-9,11H,3,5H2,1-2H3,(H,17,21)/t11-/m0/s1. The number of fused-ring (bicyclic) bond motifs is 1. The van der Waals surface area contributed by atoms with E-state index in [9.17, 15) is 4.79 Å². The molecule has 0 fully saturated rings. The quantitative estimate of drug-likeness (QED) is 0.786. The maximum atomic E-state index is 12.5. The van der Waals surface area contributed by atoms with Gasteiger partial charge in [0, 0.05) is 16.8 Å². The third kappa shape index (κ3) is 2.85. The Morgan fingerprint density at radius 2 is 2.27 bits per heavy atom. The summed E-state index contributed by atoms with van der Waals surface area (Å²) in [4.78, 5) is 17.9. The fourth-order valence-electron chi connectivity index (χ4n) is 2.32. The van der Waals surface area contributed by atoms with Gasteiger partial charge < -0.3 is 5.32 Å². The Labute approximate surface area is 132 Å². The van der Waals surface area contributed by atoms with Crippen LogP contribution < -0.4 is 5.32 Å². The van der Waals surface area contributed by atoms with Crippen LogP contribution >= 0.6 is 11.3 Å². The molecule has 0 unspecified atom stereocenters. The van der Waals surface area contributed by atoms with Crippen LogP contribution in [0.4, 0.5) is 0 Å². The number of aromatic nitrogens is 4. The maximum Gasteiger partial charge on any atom is 0.290 e. The molecule has 0 aliphatic rings. The van der Waals surface area contributed by atoms with Gasteiger partial charge >= 0.3 is 0 Å². The summed E-state index contributed by atoms with van der Waals surface area (Å²) in [6, 6.07) is 5.87. The van der Waals surface area contributed by atoms with Crippen LogP contribution in [0, 0.1) is 6.92 Å². The molecule has 0 spiro atoms. The molecule has 0 aliphatic heterocycles. The van der Waals surface area contributed by atoms with Crippen LogP contribution in [-0.2, 0) is 0 Å². The fourth-order valence-corrected chi connectivity index (χ4v) is 3.13. The summed E-state index contributed by atoms with van der Waals surface area (Å²) in [5.41, 5.74) is 0.842. The molecule has 114 valence electrons. The van der Waals surface area contributed by atoms with Crippen LogP contribution in [-0.4, -0.2) is 25.5 Å². The van der Waals surface area contributed by atoms with E-state index < -0.39 is 0 Å². The minimum absolute atomic E-state index is 0.00302. The number of hydrogen-bond acceptors (Lipinski definition) is 5. The lowest BCUT2D eigenvalue weighted by Crippen LogP contribution is -2.29. The molecule has 22 heavy (non-hydrogen) atoms. The van der Waals surface area contributed by atoms with Crippen molar-refractivity contribution in [1.82, 2.24) is 24.9 Å². The van der Waals surface area contributed by atoms with E-state index in [0.717, 1.165) is 23.4 Å². The summed E-state index contributed by atoms with van der Waals surface area (Å²) in [7, 11) is 0. The van der Waals surface area contributed by atoms with Gasteiger partial charge in [0.2, 0.25) is 5.82 Å². The van der Waals surface area contributed by atoms with E-state index in [1.165, 1.54) is 0 Å². The smallest absolute Gasteiger partial charge is 0.290 e. The number of aryl methyl sites for hydroxylation is 1. The van der Waals surface area contributed by atoms with Gasteiger partial charge in [0.15, 0.2) is 0 Å². The van der Waals surface area contributed by atoms with Crippen molar-refractivity contribution < 1.29 is 4.79 Å². The third-order valence-corrected chi connectivity index (χ3v) is 4.38. The predicted molar refractivity (Wildman–Crippen MR) is 85.0 cm³/mol. The largest absolute Gasteiger partial charge is 0.342 e. The molecule has 1 atom stereocenters. The van der Waals surface area contributed by atoms with Gasteiger partial charge in [-0.25, -0.2) is 4.98 Å². The van der Waals surface area contributed by atoms with Gasteiger partial charge in [0.25, 0.3) is 11.7 Å². The molecule has 0 radical (unpaired) electrons. The average Bonchev–Trinajstić information content (AvgIpc) is 3.15. The van der Waals surface area contributed by atoms with E-state index >= 15 is 0 Å². The van der Waals surface area contributed by atoms with E-state index in [1.54, 1.807) is 21.9 Å². The van der Waals surface area contributed by atoms with Crippen molar-refractivity contribution in [3.8, 4) is 0 Å². The molecular weight excluding hydrogens is 298 g/mol. The van der Waals surface area contributed by atoms with Crippen molar-refractivity contribution in [3.05, 3.63) is 46.2 Å². The fraction of sp³-hybridized carbons (Fsp3) is 0.333. The number of thiophene rings is 1. The second-order valence-corrected chi connectivity index (χ2v) is 6.07. The molecule has 6 nitrogen and oxygen atoms in total. The van der Waals surface area contributed by atoms with E-state index in [0.29, 0.717) is 5.78 Å². The highest BCUT2D eigenvalue weighted by atomic mass is 32.1. The molecule has 3 aromatic rings. The monoisotopic (exact) mass is 315 g/mol. The Morgan fingerprint density at radius 1 is 1.41 bits per heavy atom. The van der Waals surface area contributed by atoms with Crippen molar-refractivity contribution in [2.24, 2.45) is 0 Å². The Hall–Kier alpha value is -2.28.